The van der Waals surface area contributed by atoms with E-state index in [0.717, 1.165) is 5.56 Å². The van der Waals surface area contributed by atoms with E-state index in [0.29, 0.717) is 28.3 Å². The van der Waals surface area contributed by atoms with Gasteiger partial charge in [-0.3, -0.25) is 9.59 Å². The standard InChI is InChI=1S/C16H14N2O3/c1-9-7-12(17)14(21-2)8-13(9)18-15(19)10-5-3-4-6-11(10)16(18)20/h3-8H,17H2,1-2H3. The molecule has 3 rings (SSSR count). The Hall–Kier alpha value is -2.82. The maximum atomic E-state index is 12.5. The number of fused-ring (bicyclic) bond motifs is 1. The van der Waals surface area contributed by atoms with E-state index < -0.39 is 0 Å². The van der Waals surface area contributed by atoms with Crippen LogP contribution in [0.15, 0.2) is 36.4 Å². The van der Waals surface area contributed by atoms with Crippen LogP contribution < -0.4 is 15.4 Å². The first-order valence-corrected chi connectivity index (χ1v) is 6.46. The maximum absolute atomic E-state index is 12.5. The Bertz CT molecular complexity index is 733. The smallest absolute Gasteiger partial charge is 0.266 e. The molecular weight excluding hydrogens is 268 g/mol. The highest BCUT2D eigenvalue weighted by atomic mass is 16.5. The van der Waals surface area contributed by atoms with Gasteiger partial charge in [0.15, 0.2) is 0 Å². The van der Waals surface area contributed by atoms with Crippen molar-refractivity contribution in [3.63, 3.8) is 0 Å². The Labute approximate surface area is 121 Å². The minimum atomic E-state index is -0.328. The molecule has 106 valence electrons. The van der Waals surface area contributed by atoms with E-state index in [1.54, 1.807) is 43.3 Å². The van der Waals surface area contributed by atoms with Crippen LogP contribution >= 0.6 is 0 Å². The first kappa shape index (κ1) is 13.2. The number of nitrogens with zero attached hydrogens (tertiary/aromatic N) is 1. The SMILES string of the molecule is COc1cc(N2C(=O)c3ccccc3C2=O)c(C)cc1N. The van der Waals surface area contributed by atoms with Crippen molar-refractivity contribution in [3.05, 3.63) is 53.1 Å². The first-order chi connectivity index (χ1) is 10.0. The zero-order valence-corrected chi connectivity index (χ0v) is 11.7. The van der Waals surface area contributed by atoms with Crippen molar-refractivity contribution in [3.8, 4) is 5.75 Å². The molecule has 5 heteroatoms. The fraction of sp³-hybridized carbons (Fsp3) is 0.125. The summed E-state index contributed by atoms with van der Waals surface area (Å²) in [4.78, 5) is 26.1. The second-order valence-corrected chi connectivity index (χ2v) is 4.87. The van der Waals surface area contributed by atoms with E-state index in [4.69, 9.17) is 10.5 Å². The number of aryl methyl sites for hydroxylation is 1. The molecule has 2 aromatic rings. The summed E-state index contributed by atoms with van der Waals surface area (Å²) in [5.41, 5.74) is 8.37. The minimum absolute atomic E-state index is 0.328. The number of hydrogen-bond acceptors (Lipinski definition) is 4. The fourth-order valence-electron chi connectivity index (χ4n) is 2.53. The molecule has 21 heavy (non-hydrogen) atoms. The van der Waals surface area contributed by atoms with E-state index in [2.05, 4.69) is 0 Å². The van der Waals surface area contributed by atoms with Gasteiger partial charge in [-0.1, -0.05) is 12.1 Å². The molecule has 1 heterocycles. The van der Waals surface area contributed by atoms with Gasteiger partial charge in [-0.15, -0.1) is 0 Å². The van der Waals surface area contributed by atoms with E-state index in [1.807, 2.05) is 0 Å². The number of rotatable bonds is 2. The third-order valence-corrected chi connectivity index (χ3v) is 3.58. The average molecular weight is 282 g/mol. The molecule has 0 saturated carbocycles. The van der Waals surface area contributed by atoms with Gasteiger partial charge < -0.3 is 10.5 Å². The van der Waals surface area contributed by atoms with Gasteiger partial charge in [-0.25, -0.2) is 4.90 Å². The quantitative estimate of drug-likeness (QED) is 0.678. The lowest BCUT2D eigenvalue weighted by molar-refractivity contribution is 0.0926. The number of benzene rings is 2. The zero-order valence-electron chi connectivity index (χ0n) is 11.7. The van der Waals surface area contributed by atoms with Gasteiger partial charge in [0.2, 0.25) is 0 Å². The van der Waals surface area contributed by atoms with Crippen molar-refractivity contribution in [2.75, 3.05) is 17.7 Å². The highest BCUT2D eigenvalue weighted by Gasteiger charge is 2.37. The molecule has 0 unspecified atom stereocenters. The number of hydrogen-bond donors (Lipinski definition) is 1. The average Bonchev–Trinajstić information content (AvgIpc) is 2.72. The number of ether oxygens (including phenoxy) is 1. The van der Waals surface area contributed by atoms with Gasteiger partial charge >= 0.3 is 0 Å². The second kappa shape index (κ2) is 4.63. The molecule has 0 fully saturated rings. The summed E-state index contributed by atoms with van der Waals surface area (Å²) in [6.07, 6.45) is 0. The van der Waals surface area contributed by atoms with E-state index in [-0.39, 0.29) is 11.8 Å². The molecule has 2 aromatic carbocycles. The van der Waals surface area contributed by atoms with Crippen molar-refractivity contribution in [1.82, 2.24) is 0 Å². The summed E-state index contributed by atoms with van der Waals surface area (Å²) in [5.74, 6) is -0.219. The van der Waals surface area contributed by atoms with Crippen molar-refractivity contribution >= 4 is 23.2 Å². The van der Waals surface area contributed by atoms with Crippen LogP contribution in [0.25, 0.3) is 0 Å². The van der Waals surface area contributed by atoms with Crippen LogP contribution in [0.3, 0.4) is 0 Å². The molecule has 2 N–H and O–H groups in total. The highest BCUT2D eigenvalue weighted by Crippen LogP contribution is 2.35. The Kier molecular flexibility index (Phi) is 2.90. The Morgan fingerprint density at radius 1 is 1.05 bits per heavy atom. The Morgan fingerprint density at radius 3 is 2.14 bits per heavy atom. The predicted molar refractivity (Wildman–Crippen MR) is 79.7 cm³/mol. The number of nitrogen functional groups attached to an aromatic ring is 1. The van der Waals surface area contributed by atoms with Crippen LogP contribution in [-0.2, 0) is 0 Å². The lowest BCUT2D eigenvalue weighted by Gasteiger charge is -2.18. The number of imide groups is 1. The van der Waals surface area contributed by atoms with Crippen molar-refractivity contribution in [1.29, 1.82) is 0 Å². The topological polar surface area (TPSA) is 72.6 Å². The Morgan fingerprint density at radius 2 is 1.62 bits per heavy atom. The summed E-state index contributed by atoms with van der Waals surface area (Å²) in [6, 6.07) is 10.1. The normalized spacial score (nSPS) is 13.5. The predicted octanol–water partition coefficient (Wildman–Crippen LogP) is 2.39. The molecule has 2 amide bonds. The van der Waals surface area contributed by atoms with Crippen LogP contribution in [0.5, 0.6) is 5.75 Å². The molecule has 0 radical (unpaired) electrons. The number of nitrogens with two attached hydrogens (primary N) is 1. The van der Waals surface area contributed by atoms with Crippen LogP contribution in [0.1, 0.15) is 26.3 Å². The highest BCUT2D eigenvalue weighted by molar-refractivity contribution is 6.34. The summed E-state index contributed by atoms with van der Waals surface area (Å²) in [6.45, 7) is 1.80. The summed E-state index contributed by atoms with van der Waals surface area (Å²) in [7, 11) is 1.49. The fourth-order valence-corrected chi connectivity index (χ4v) is 2.53. The first-order valence-electron chi connectivity index (χ1n) is 6.46. The molecule has 0 aromatic heterocycles. The van der Waals surface area contributed by atoms with Gasteiger partial charge in [0.25, 0.3) is 11.8 Å². The molecule has 0 aliphatic carbocycles. The Balaban J connectivity index is 2.15. The number of methoxy groups -OCH3 is 1. The summed E-state index contributed by atoms with van der Waals surface area (Å²) < 4.78 is 5.17. The van der Waals surface area contributed by atoms with Gasteiger partial charge in [0.05, 0.1) is 29.6 Å². The lowest BCUT2D eigenvalue weighted by Crippen LogP contribution is -2.30. The number of carbonyl (C=O) groups is 2. The zero-order chi connectivity index (χ0) is 15.1. The monoisotopic (exact) mass is 282 g/mol. The molecule has 1 aliphatic rings. The summed E-state index contributed by atoms with van der Waals surface area (Å²) >= 11 is 0. The van der Waals surface area contributed by atoms with Gasteiger partial charge in [0, 0.05) is 6.07 Å². The molecule has 0 spiro atoms. The minimum Gasteiger partial charge on any atom is -0.495 e. The van der Waals surface area contributed by atoms with Crippen LogP contribution in [0.2, 0.25) is 0 Å². The van der Waals surface area contributed by atoms with E-state index in [9.17, 15) is 9.59 Å². The second-order valence-electron chi connectivity index (χ2n) is 4.87. The van der Waals surface area contributed by atoms with Crippen LogP contribution in [0.4, 0.5) is 11.4 Å². The van der Waals surface area contributed by atoms with E-state index in [1.165, 1.54) is 12.0 Å². The van der Waals surface area contributed by atoms with E-state index >= 15 is 0 Å². The van der Waals surface area contributed by atoms with Gasteiger partial charge in [-0.05, 0) is 30.7 Å². The molecule has 5 nitrogen and oxygen atoms in total. The van der Waals surface area contributed by atoms with Crippen LogP contribution in [-0.4, -0.2) is 18.9 Å². The molecule has 0 saturated heterocycles. The van der Waals surface area contributed by atoms with Crippen molar-refractivity contribution in [2.45, 2.75) is 6.92 Å². The van der Waals surface area contributed by atoms with Gasteiger partial charge in [-0.2, -0.15) is 0 Å². The van der Waals surface area contributed by atoms with Crippen molar-refractivity contribution < 1.29 is 14.3 Å². The number of amides is 2. The van der Waals surface area contributed by atoms with Crippen molar-refractivity contribution in [2.24, 2.45) is 0 Å². The van der Waals surface area contributed by atoms with Gasteiger partial charge in [0.1, 0.15) is 5.75 Å². The number of carbonyl (C=O) groups excluding carboxylic acids is 2. The summed E-state index contributed by atoms with van der Waals surface area (Å²) in [5, 5.41) is 0. The largest absolute Gasteiger partial charge is 0.495 e. The third kappa shape index (κ3) is 1.86. The maximum Gasteiger partial charge on any atom is 0.266 e. The molecule has 1 aliphatic heterocycles. The third-order valence-electron chi connectivity index (χ3n) is 3.58. The van der Waals surface area contributed by atoms with Crippen LogP contribution in [0, 0.1) is 6.92 Å². The molecular formula is C16H14N2O3. The molecule has 0 bridgehead atoms. The molecule has 0 atom stereocenters. The number of anilines is 2. The lowest BCUT2D eigenvalue weighted by atomic mass is 10.1.